The first-order chi connectivity index (χ1) is 13.0. The van der Waals surface area contributed by atoms with Gasteiger partial charge in [-0.3, -0.25) is 9.59 Å². The molecular weight excluding hydrogens is 404 g/mol. The van der Waals surface area contributed by atoms with Crippen LogP contribution in [0.25, 0.3) is 11.1 Å². The molecule has 0 heterocycles. The van der Waals surface area contributed by atoms with Gasteiger partial charge in [-0.25, -0.2) is 0 Å². The zero-order valence-corrected chi connectivity index (χ0v) is 16.4. The minimum atomic E-state index is -0.251. The SMILES string of the molecule is CN(CC(=O)Nc1ccccc1Br)C(=O)c1ccc(-c2ccccc2)cc1. The van der Waals surface area contributed by atoms with Gasteiger partial charge in [-0.1, -0.05) is 54.6 Å². The Labute approximate surface area is 167 Å². The highest BCUT2D eigenvalue weighted by Crippen LogP contribution is 2.21. The lowest BCUT2D eigenvalue weighted by Crippen LogP contribution is -2.34. The van der Waals surface area contributed by atoms with E-state index in [4.69, 9.17) is 0 Å². The van der Waals surface area contributed by atoms with E-state index in [1.165, 1.54) is 4.90 Å². The molecule has 3 aromatic rings. The molecule has 0 atom stereocenters. The zero-order valence-electron chi connectivity index (χ0n) is 14.9. The molecule has 0 aliphatic heterocycles. The number of amides is 2. The average molecular weight is 423 g/mol. The van der Waals surface area contributed by atoms with Crippen LogP contribution in [0.1, 0.15) is 10.4 Å². The van der Waals surface area contributed by atoms with Crippen LogP contribution < -0.4 is 5.32 Å². The third-order valence-corrected chi connectivity index (χ3v) is 4.81. The molecule has 0 aromatic heterocycles. The number of benzene rings is 3. The molecule has 3 rings (SSSR count). The van der Waals surface area contributed by atoms with Gasteiger partial charge in [-0.05, 0) is 51.3 Å². The van der Waals surface area contributed by atoms with Crippen LogP contribution in [0.2, 0.25) is 0 Å². The average Bonchev–Trinajstić information content (AvgIpc) is 2.70. The van der Waals surface area contributed by atoms with E-state index in [1.54, 1.807) is 25.2 Å². The Morgan fingerprint density at radius 2 is 1.44 bits per heavy atom. The Hall–Kier alpha value is -2.92. The Balaban J connectivity index is 1.63. The van der Waals surface area contributed by atoms with E-state index in [2.05, 4.69) is 21.2 Å². The molecule has 0 aliphatic carbocycles. The highest BCUT2D eigenvalue weighted by atomic mass is 79.9. The molecule has 3 aromatic carbocycles. The first kappa shape index (κ1) is 18.9. The Kier molecular flexibility index (Phi) is 6.04. The quantitative estimate of drug-likeness (QED) is 0.640. The fourth-order valence-electron chi connectivity index (χ4n) is 2.70. The number of para-hydroxylation sites is 1. The minimum absolute atomic E-state index is 0.0272. The lowest BCUT2D eigenvalue weighted by molar-refractivity contribution is -0.116. The number of carbonyl (C=O) groups excluding carboxylic acids is 2. The molecule has 0 aliphatic rings. The number of hydrogen-bond acceptors (Lipinski definition) is 2. The zero-order chi connectivity index (χ0) is 19.2. The van der Waals surface area contributed by atoms with Crippen molar-refractivity contribution in [3.8, 4) is 11.1 Å². The lowest BCUT2D eigenvalue weighted by atomic mass is 10.0. The van der Waals surface area contributed by atoms with Gasteiger partial charge in [0.2, 0.25) is 5.91 Å². The largest absolute Gasteiger partial charge is 0.332 e. The Morgan fingerprint density at radius 3 is 2.11 bits per heavy atom. The van der Waals surface area contributed by atoms with Crippen LogP contribution in [-0.2, 0) is 4.79 Å². The molecular formula is C22H19BrN2O2. The van der Waals surface area contributed by atoms with Crippen molar-refractivity contribution < 1.29 is 9.59 Å². The van der Waals surface area contributed by atoms with Crippen molar-refractivity contribution in [2.75, 3.05) is 18.9 Å². The van der Waals surface area contributed by atoms with Crippen LogP contribution in [0.5, 0.6) is 0 Å². The molecule has 0 fully saturated rings. The third-order valence-electron chi connectivity index (χ3n) is 4.11. The maximum absolute atomic E-state index is 12.6. The van der Waals surface area contributed by atoms with Gasteiger partial charge in [-0.2, -0.15) is 0 Å². The first-order valence-corrected chi connectivity index (χ1v) is 9.29. The molecule has 27 heavy (non-hydrogen) atoms. The second-order valence-electron chi connectivity index (χ2n) is 6.13. The highest BCUT2D eigenvalue weighted by molar-refractivity contribution is 9.10. The summed E-state index contributed by atoms with van der Waals surface area (Å²) in [5.41, 5.74) is 3.36. The van der Waals surface area contributed by atoms with Crippen LogP contribution in [0.15, 0.2) is 83.3 Å². The molecule has 0 unspecified atom stereocenters. The minimum Gasteiger partial charge on any atom is -0.332 e. The smallest absolute Gasteiger partial charge is 0.254 e. The van der Waals surface area contributed by atoms with Crippen molar-refractivity contribution in [3.05, 3.63) is 88.9 Å². The summed E-state index contributed by atoms with van der Waals surface area (Å²) < 4.78 is 0.795. The second-order valence-corrected chi connectivity index (χ2v) is 6.99. The number of nitrogens with zero attached hydrogens (tertiary/aromatic N) is 1. The van der Waals surface area contributed by atoms with Gasteiger partial charge in [0, 0.05) is 17.1 Å². The van der Waals surface area contributed by atoms with E-state index in [-0.39, 0.29) is 18.4 Å². The van der Waals surface area contributed by atoms with Gasteiger partial charge >= 0.3 is 0 Å². The Bertz CT molecular complexity index is 940. The first-order valence-electron chi connectivity index (χ1n) is 8.50. The van der Waals surface area contributed by atoms with Gasteiger partial charge in [0.25, 0.3) is 5.91 Å². The van der Waals surface area contributed by atoms with E-state index < -0.39 is 0 Å². The molecule has 2 amide bonds. The van der Waals surface area contributed by atoms with E-state index in [0.717, 1.165) is 15.6 Å². The van der Waals surface area contributed by atoms with Crippen LogP contribution in [0, 0.1) is 0 Å². The van der Waals surface area contributed by atoms with Crippen molar-refractivity contribution in [2.45, 2.75) is 0 Å². The van der Waals surface area contributed by atoms with E-state index in [9.17, 15) is 9.59 Å². The van der Waals surface area contributed by atoms with Crippen molar-refractivity contribution in [3.63, 3.8) is 0 Å². The molecule has 0 spiro atoms. The number of likely N-dealkylation sites (N-methyl/N-ethyl adjacent to an activating group) is 1. The fraction of sp³-hybridized carbons (Fsp3) is 0.0909. The monoisotopic (exact) mass is 422 g/mol. The summed E-state index contributed by atoms with van der Waals surface area (Å²) in [4.78, 5) is 26.2. The molecule has 0 saturated carbocycles. The summed E-state index contributed by atoms with van der Waals surface area (Å²) in [6, 6.07) is 24.7. The van der Waals surface area contributed by atoms with E-state index in [0.29, 0.717) is 11.3 Å². The van der Waals surface area contributed by atoms with Crippen molar-refractivity contribution in [2.24, 2.45) is 0 Å². The molecule has 5 heteroatoms. The van der Waals surface area contributed by atoms with Crippen LogP contribution in [-0.4, -0.2) is 30.3 Å². The predicted octanol–water partition coefficient (Wildman–Crippen LogP) is 4.83. The second kappa shape index (κ2) is 8.64. The lowest BCUT2D eigenvalue weighted by Gasteiger charge is -2.17. The number of nitrogens with one attached hydrogen (secondary N) is 1. The highest BCUT2D eigenvalue weighted by Gasteiger charge is 2.15. The predicted molar refractivity (Wildman–Crippen MR) is 112 cm³/mol. The summed E-state index contributed by atoms with van der Waals surface area (Å²) in [5, 5.41) is 2.80. The molecule has 136 valence electrons. The van der Waals surface area contributed by atoms with Gasteiger partial charge in [0.05, 0.1) is 12.2 Å². The molecule has 0 radical (unpaired) electrons. The Morgan fingerprint density at radius 1 is 0.852 bits per heavy atom. The summed E-state index contributed by atoms with van der Waals surface area (Å²) in [7, 11) is 1.62. The van der Waals surface area contributed by atoms with Gasteiger partial charge in [0.15, 0.2) is 0 Å². The fourth-order valence-corrected chi connectivity index (χ4v) is 3.08. The molecule has 0 bridgehead atoms. The topological polar surface area (TPSA) is 49.4 Å². The van der Waals surface area contributed by atoms with Gasteiger partial charge in [0.1, 0.15) is 0 Å². The number of halogens is 1. The number of rotatable bonds is 5. The van der Waals surface area contributed by atoms with Crippen molar-refractivity contribution in [1.82, 2.24) is 4.90 Å². The third kappa shape index (κ3) is 4.83. The number of carbonyl (C=O) groups is 2. The number of anilines is 1. The van der Waals surface area contributed by atoms with Crippen LogP contribution in [0.4, 0.5) is 5.69 Å². The molecule has 0 saturated heterocycles. The normalized spacial score (nSPS) is 10.3. The van der Waals surface area contributed by atoms with E-state index >= 15 is 0 Å². The summed E-state index contributed by atoms with van der Waals surface area (Å²) in [5.74, 6) is -0.449. The number of hydrogen-bond donors (Lipinski definition) is 1. The summed E-state index contributed by atoms with van der Waals surface area (Å²) in [6.07, 6.45) is 0. The van der Waals surface area contributed by atoms with Gasteiger partial charge in [-0.15, -0.1) is 0 Å². The maximum Gasteiger partial charge on any atom is 0.254 e. The summed E-state index contributed by atoms with van der Waals surface area (Å²) in [6.45, 7) is -0.0272. The van der Waals surface area contributed by atoms with Crippen LogP contribution in [0.3, 0.4) is 0 Å². The van der Waals surface area contributed by atoms with Crippen LogP contribution >= 0.6 is 15.9 Å². The van der Waals surface area contributed by atoms with E-state index in [1.807, 2.05) is 60.7 Å². The molecule has 4 nitrogen and oxygen atoms in total. The molecule has 1 N–H and O–H groups in total. The maximum atomic E-state index is 12.6. The van der Waals surface area contributed by atoms with Crippen molar-refractivity contribution in [1.29, 1.82) is 0 Å². The standard InChI is InChI=1S/C22H19BrN2O2/c1-25(15-21(26)24-20-10-6-5-9-19(20)23)22(27)18-13-11-17(12-14-18)16-7-3-2-4-8-16/h2-14H,15H2,1H3,(H,24,26). The summed E-state index contributed by atoms with van der Waals surface area (Å²) >= 11 is 3.39. The van der Waals surface area contributed by atoms with Crippen molar-refractivity contribution >= 4 is 33.4 Å². The van der Waals surface area contributed by atoms with Gasteiger partial charge < -0.3 is 10.2 Å².